The number of carbonyl (C=O) groups is 2. The van der Waals surface area contributed by atoms with Crippen molar-refractivity contribution in [3.63, 3.8) is 0 Å². The Hall–Kier alpha value is -4.13. The number of hydrogen-bond donors (Lipinski definition) is 3. The third kappa shape index (κ3) is 7.58. The highest BCUT2D eigenvalue weighted by molar-refractivity contribution is 7.90. The summed E-state index contributed by atoms with van der Waals surface area (Å²) in [4.78, 5) is 34.8. The zero-order valence-electron chi connectivity index (χ0n) is 25.4. The number of sulfonamides is 1. The quantitative estimate of drug-likeness (QED) is 0.137. The summed E-state index contributed by atoms with van der Waals surface area (Å²) < 4.78 is 41.0. The summed E-state index contributed by atoms with van der Waals surface area (Å²) in [5.41, 5.74) is 8.36. The van der Waals surface area contributed by atoms with Crippen LogP contribution in [0.1, 0.15) is 60.9 Å². The van der Waals surface area contributed by atoms with Crippen LogP contribution in [0.4, 0.5) is 4.79 Å². The summed E-state index contributed by atoms with van der Waals surface area (Å²) >= 11 is 0. The summed E-state index contributed by atoms with van der Waals surface area (Å²) in [7, 11) is -0.762. The minimum atomic E-state index is -4.02. The number of methoxy groups -OCH3 is 1. The molecule has 0 saturated carbocycles. The van der Waals surface area contributed by atoms with E-state index >= 15 is 0 Å². The summed E-state index contributed by atoms with van der Waals surface area (Å²) in [5.74, 6) is 0.0977. The number of aliphatic imine (C=N–C) groups is 1. The van der Waals surface area contributed by atoms with Crippen molar-refractivity contribution < 1.29 is 27.5 Å². The van der Waals surface area contributed by atoms with Gasteiger partial charge in [-0.25, -0.2) is 22.9 Å². The lowest BCUT2D eigenvalue weighted by Gasteiger charge is -2.23. The molecule has 0 aliphatic carbocycles. The van der Waals surface area contributed by atoms with E-state index < -0.39 is 33.5 Å². The van der Waals surface area contributed by atoms with Crippen molar-refractivity contribution >= 4 is 38.9 Å². The molecule has 1 amide bonds. The summed E-state index contributed by atoms with van der Waals surface area (Å²) in [6, 6.07) is 8.03. The number of para-hydroxylation sites is 2. The number of rotatable bonds is 10. The van der Waals surface area contributed by atoms with E-state index in [2.05, 4.69) is 20.0 Å². The Morgan fingerprint density at radius 2 is 1.81 bits per heavy atom. The van der Waals surface area contributed by atoms with Crippen molar-refractivity contribution in [2.45, 2.75) is 70.9 Å². The maximum absolute atomic E-state index is 13.5. The normalized spacial score (nSPS) is 13.1. The number of guanidine groups is 1. The molecule has 3 aromatic rings. The summed E-state index contributed by atoms with van der Waals surface area (Å²) in [6.45, 7) is 10.4. The maximum atomic E-state index is 13.5. The number of imidazole rings is 1. The third-order valence-electron chi connectivity index (χ3n) is 6.65. The number of nitrogens with two attached hydrogens (primary N) is 1. The lowest BCUT2D eigenvalue weighted by atomic mass is 10.1. The van der Waals surface area contributed by atoms with Crippen molar-refractivity contribution in [2.75, 3.05) is 13.7 Å². The molecule has 0 spiro atoms. The van der Waals surface area contributed by atoms with Crippen LogP contribution in [0, 0.1) is 20.8 Å². The lowest BCUT2D eigenvalue weighted by molar-refractivity contribution is 0.0487. The molecule has 13 heteroatoms. The topological polar surface area (TPSA) is 167 Å². The SMILES string of the molecule is COc1cc(C)c(S(=O)(=O)NC(N)=NCCC[C@@H](NC(=O)OC(C)(C)C)C(=O)c2nc3ccccc3n2C)c(C)c1C. The number of ether oxygens (including phenoxy) is 2. The van der Waals surface area contributed by atoms with Crippen LogP contribution >= 0.6 is 0 Å². The molecule has 0 saturated heterocycles. The molecule has 12 nitrogen and oxygen atoms in total. The molecule has 228 valence electrons. The minimum Gasteiger partial charge on any atom is -0.496 e. The van der Waals surface area contributed by atoms with Crippen LogP contribution in [0.2, 0.25) is 0 Å². The summed E-state index contributed by atoms with van der Waals surface area (Å²) in [5, 5.41) is 2.65. The van der Waals surface area contributed by atoms with Crippen LogP contribution in [-0.4, -0.2) is 61.1 Å². The fourth-order valence-corrected chi connectivity index (χ4v) is 6.08. The van der Waals surface area contributed by atoms with E-state index in [9.17, 15) is 18.0 Å². The van der Waals surface area contributed by atoms with Crippen molar-refractivity contribution in [3.8, 4) is 5.75 Å². The van der Waals surface area contributed by atoms with E-state index in [0.717, 1.165) is 5.52 Å². The molecular weight excluding hydrogens is 560 g/mol. The first kappa shape index (κ1) is 32.4. The molecular formula is C29H40N6O6S. The lowest BCUT2D eigenvalue weighted by Crippen LogP contribution is -2.44. The third-order valence-corrected chi connectivity index (χ3v) is 8.30. The second kappa shape index (κ2) is 12.8. The number of Topliss-reactive ketones (excluding diaryl/α,β-unsaturated/α-hetero) is 1. The number of nitrogens with zero attached hydrogens (tertiary/aromatic N) is 3. The number of nitrogens with one attached hydrogen (secondary N) is 2. The van der Waals surface area contributed by atoms with E-state index in [1.165, 1.54) is 7.11 Å². The number of amides is 1. The molecule has 0 aliphatic rings. The number of ketones is 1. The Balaban J connectivity index is 1.75. The van der Waals surface area contributed by atoms with Gasteiger partial charge >= 0.3 is 6.09 Å². The highest BCUT2D eigenvalue weighted by Gasteiger charge is 2.28. The molecule has 0 bridgehead atoms. The second-order valence-corrected chi connectivity index (χ2v) is 12.7. The number of aryl methyl sites for hydroxylation is 2. The predicted molar refractivity (Wildman–Crippen MR) is 161 cm³/mol. The Kier molecular flexibility index (Phi) is 9.87. The van der Waals surface area contributed by atoms with Crippen molar-refractivity contribution in [1.29, 1.82) is 0 Å². The van der Waals surface area contributed by atoms with E-state index in [0.29, 0.717) is 34.4 Å². The Morgan fingerprint density at radius 3 is 2.43 bits per heavy atom. The summed E-state index contributed by atoms with van der Waals surface area (Å²) in [6.07, 6.45) is -0.255. The second-order valence-electron chi connectivity index (χ2n) is 11.0. The molecule has 42 heavy (non-hydrogen) atoms. The first-order valence-electron chi connectivity index (χ1n) is 13.5. The molecule has 0 aliphatic heterocycles. The number of hydrogen-bond acceptors (Lipinski definition) is 8. The van der Waals surface area contributed by atoms with Gasteiger partial charge in [0, 0.05) is 13.6 Å². The van der Waals surface area contributed by atoms with E-state index in [-0.39, 0.29) is 29.6 Å². The van der Waals surface area contributed by atoms with Gasteiger partial charge in [-0.05, 0) is 89.3 Å². The van der Waals surface area contributed by atoms with Gasteiger partial charge in [0.15, 0.2) is 5.82 Å². The van der Waals surface area contributed by atoms with Gasteiger partial charge in [-0.2, -0.15) is 0 Å². The molecule has 0 fully saturated rings. The first-order chi connectivity index (χ1) is 19.6. The number of alkyl carbamates (subject to hydrolysis) is 1. The number of aromatic nitrogens is 2. The van der Waals surface area contributed by atoms with Gasteiger partial charge in [0.2, 0.25) is 11.7 Å². The Labute approximate surface area is 246 Å². The van der Waals surface area contributed by atoms with Crippen LogP contribution < -0.4 is 20.5 Å². The van der Waals surface area contributed by atoms with Crippen LogP contribution in [-0.2, 0) is 21.8 Å². The number of benzene rings is 2. The molecule has 0 radical (unpaired) electrons. The smallest absolute Gasteiger partial charge is 0.408 e. The fourth-order valence-electron chi connectivity index (χ4n) is 4.60. The van der Waals surface area contributed by atoms with Crippen molar-refractivity contribution in [1.82, 2.24) is 19.6 Å². The van der Waals surface area contributed by atoms with Gasteiger partial charge < -0.3 is 25.1 Å². The van der Waals surface area contributed by atoms with Crippen LogP contribution in [0.25, 0.3) is 11.0 Å². The molecule has 1 aromatic heterocycles. The highest BCUT2D eigenvalue weighted by atomic mass is 32.2. The number of carbonyl (C=O) groups excluding carboxylic acids is 2. The number of fused-ring (bicyclic) bond motifs is 1. The van der Waals surface area contributed by atoms with E-state index in [1.807, 2.05) is 18.2 Å². The van der Waals surface area contributed by atoms with Crippen LogP contribution in [0.5, 0.6) is 5.75 Å². The van der Waals surface area contributed by atoms with Crippen LogP contribution in [0.15, 0.2) is 40.2 Å². The van der Waals surface area contributed by atoms with Gasteiger partial charge in [-0.1, -0.05) is 12.1 Å². The largest absolute Gasteiger partial charge is 0.496 e. The zero-order valence-corrected chi connectivity index (χ0v) is 26.2. The molecule has 1 atom stereocenters. The van der Waals surface area contributed by atoms with Gasteiger partial charge in [-0.15, -0.1) is 0 Å². The van der Waals surface area contributed by atoms with E-state index in [4.69, 9.17) is 15.2 Å². The molecule has 2 aromatic carbocycles. The fraction of sp³-hybridized carbons (Fsp3) is 0.448. The van der Waals surface area contributed by atoms with Gasteiger partial charge in [-0.3, -0.25) is 9.79 Å². The molecule has 3 rings (SSSR count). The Morgan fingerprint density at radius 1 is 1.14 bits per heavy atom. The van der Waals surface area contributed by atoms with E-state index in [1.54, 1.807) is 65.3 Å². The maximum Gasteiger partial charge on any atom is 0.408 e. The zero-order chi connectivity index (χ0) is 31.4. The molecule has 1 heterocycles. The first-order valence-corrected chi connectivity index (χ1v) is 15.0. The molecule has 4 N–H and O–H groups in total. The van der Waals surface area contributed by atoms with Crippen LogP contribution in [0.3, 0.4) is 0 Å². The van der Waals surface area contributed by atoms with Gasteiger partial charge in [0.1, 0.15) is 11.4 Å². The minimum absolute atomic E-state index is 0.0935. The average molecular weight is 601 g/mol. The monoisotopic (exact) mass is 600 g/mol. The average Bonchev–Trinajstić information content (AvgIpc) is 3.22. The predicted octanol–water partition coefficient (Wildman–Crippen LogP) is 3.66. The van der Waals surface area contributed by atoms with Gasteiger partial charge in [0.25, 0.3) is 10.0 Å². The Bertz CT molecular complexity index is 1620. The standard InChI is InChI=1S/C29H40N6O6S/c1-17-16-23(40-8)18(2)19(3)25(17)42(38,39)34-27(30)31-15-11-13-21(33-28(37)41-29(4,5)6)24(36)26-32-20-12-9-10-14-22(20)35(26)7/h9-10,12,14,16,21H,11,13,15H2,1-8H3,(H,33,37)(H3,30,31,34)/t21-/m1/s1. The molecule has 0 unspecified atom stereocenters. The van der Waals surface area contributed by atoms with Crippen molar-refractivity contribution in [2.24, 2.45) is 17.8 Å². The van der Waals surface area contributed by atoms with Gasteiger partial charge in [0.05, 0.1) is 29.1 Å². The van der Waals surface area contributed by atoms with Crippen molar-refractivity contribution in [3.05, 3.63) is 52.8 Å². The highest BCUT2D eigenvalue weighted by Crippen LogP contribution is 2.30.